The Morgan fingerprint density at radius 1 is 1.25 bits per heavy atom. The van der Waals surface area contributed by atoms with Crippen LogP contribution in [0.25, 0.3) is 0 Å². The third-order valence-electron chi connectivity index (χ3n) is 4.96. The van der Waals surface area contributed by atoms with E-state index in [1.54, 1.807) is 50.2 Å². The lowest BCUT2D eigenvalue weighted by Crippen LogP contribution is -2.25. The van der Waals surface area contributed by atoms with Crippen LogP contribution >= 0.6 is 0 Å². The Kier molecular flexibility index (Phi) is 7.00. The predicted octanol–water partition coefficient (Wildman–Crippen LogP) is 4.06. The first-order valence-corrected chi connectivity index (χ1v) is 9.90. The number of halogens is 1. The van der Waals surface area contributed by atoms with Crippen LogP contribution < -0.4 is 15.2 Å². The molecule has 0 fully saturated rings. The second-order valence-corrected chi connectivity index (χ2v) is 6.91. The van der Waals surface area contributed by atoms with Crippen molar-refractivity contribution in [1.82, 2.24) is 0 Å². The number of carbonyl (C=O) groups is 1. The molecule has 1 heterocycles. The summed E-state index contributed by atoms with van der Waals surface area (Å²) in [5.41, 5.74) is 7.10. The molecule has 7 nitrogen and oxygen atoms in total. The molecule has 1 unspecified atom stereocenters. The van der Waals surface area contributed by atoms with E-state index in [4.69, 9.17) is 24.7 Å². The monoisotopic (exact) mass is 438 g/mol. The Bertz CT molecular complexity index is 1130. The standard InChI is InChI=1S/C24H23FN2O5/c1-4-30-24(28)21-14(2)32-23(27)17(12-26)22(21)15-9-10-19(29-3)20(11-15)31-13-16-7-5-6-8-18(16)25/h5-11,22H,4,13,27H2,1-3H3. The smallest absolute Gasteiger partial charge is 0.338 e. The summed E-state index contributed by atoms with van der Waals surface area (Å²) in [6.07, 6.45) is 0. The van der Waals surface area contributed by atoms with Crippen molar-refractivity contribution < 1.29 is 28.1 Å². The molecular formula is C24H23FN2O5. The molecule has 1 atom stereocenters. The number of hydrogen-bond donors (Lipinski definition) is 1. The lowest BCUT2D eigenvalue weighted by molar-refractivity contribution is -0.139. The molecule has 2 N–H and O–H groups in total. The van der Waals surface area contributed by atoms with Crippen molar-refractivity contribution in [2.45, 2.75) is 26.4 Å². The van der Waals surface area contributed by atoms with Crippen molar-refractivity contribution in [3.8, 4) is 17.6 Å². The summed E-state index contributed by atoms with van der Waals surface area (Å²) >= 11 is 0. The average Bonchev–Trinajstić information content (AvgIpc) is 2.78. The maximum absolute atomic E-state index is 14.0. The number of nitrogens with zero attached hydrogens (tertiary/aromatic N) is 1. The molecular weight excluding hydrogens is 415 g/mol. The molecule has 2 aromatic carbocycles. The topological polar surface area (TPSA) is 104 Å². The molecule has 0 aliphatic carbocycles. The summed E-state index contributed by atoms with van der Waals surface area (Å²) in [5, 5.41) is 9.72. The van der Waals surface area contributed by atoms with E-state index in [1.807, 2.05) is 6.07 Å². The first-order valence-electron chi connectivity index (χ1n) is 9.90. The summed E-state index contributed by atoms with van der Waals surface area (Å²) in [6, 6.07) is 13.3. The Morgan fingerprint density at radius 3 is 2.66 bits per heavy atom. The molecule has 3 rings (SSSR count). The van der Waals surface area contributed by atoms with E-state index in [9.17, 15) is 14.4 Å². The highest BCUT2D eigenvalue weighted by Gasteiger charge is 2.36. The zero-order valence-electron chi connectivity index (χ0n) is 18.0. The highest BCUT2D eigenvalue weighted by atomic mass is 19.1. The Balaban J connectivity index is 2.04. The first kappa shape index (κ1) is 22.7. The number of ether oxygens (including phenoxy) is 4. The van der Waals surface area contributed by atoms with Crippen LogP contribution in [0.15, 0.2) is 65.3 Å². The van der Waals surface area contributed by atoms with Crippen molar-refractivity contribution in [3.05, 3.63) is 82.2 Å². The van der Waals surface area contributed by atoms with Crippen LogP contribution in [0.2, 0.25) is 0 Å². The van der Waals surface area contributed by atoms with Crippen LogP contribution in [0.4, 0.5) is 4.39 Å². The minimum Gasteiger partial charge on any atom is -0.493 e. The van der Waals surface area contributed by atoms with Gasteiger partial charge in [0.1, 0.15) is 29.8 Å². The second-order valence-electron chi connectivity index (χ2n) is 6.91. The van der Waals surface area contributed by atoms with Crippen molar-refractivity contribution in [2.24, 2.45) is 5.73 Å². The van der Waals surface area contributed by atoms with Gasteiger partial charge in [0.05, 0.1) is 25.2 Å². The SMILES string of the molecule is CCOC(=O)C1=C(C)OC(N)=C(C#N)C1c1ccc(OC)c(OCc2ccccc2F)c1. The lowest BCUT2D eigenvalue weighted by atomic mass is 9.83. The molecule has 0 aromatic heterocycles. The summed E-state index contributed by atoms with van der Waals surface area (Å²) in [7, 11) is 1.48. The van der Waals surface area contributed by atoms with Crippen LogP contribution in [0.1, 0.15) is 30.9 Å². The molecule has 166 valence electrons. The van der Waals surface area contributed by atoms with Crippen LogP contribution in [-0.2, 0) is 20.9 Å². The van der Waals surface area contributed by atoms with Gasteiger partial charge in [-0.2, -0.15) is 5.26 Å². The van der Waals surface area contributed by atoms with E-state index in [0.29, 0.717) is 22.6 Å². The number of rotatable bonds is 7. The fourth-order valence-electron chi connectivity index (χ4n) is 3.44. The van der Waals surface area contributed by atoms with E-state index in [-0.39, 0.29) is 36.0 Å². The van der Waals surface area contributed by atoms with Gasteiger partial charge in [-0.15, -0.1) is 0 Å². The van der Waals surface area contributed by atoms with Gasteiger partial charge in [0.15, 0.2) is 11.5 Å². The normalized spacial score (nSPS) is 15.7. The Labute approximate surface area is 185 Å². The summed E-state index contributed by atoms with van der Waals surface area (Å²) < 4.78 is 35.8. The zero-order valence-corrected chi connectivity index (χ0v) is 18.0. The molecule has 32 heavy (non-hydrogen) atoms. The molecule has 0 radical (unpaired) electrons. The van der Waals surface area contributed by atoms with Gasteiger partial charge in [0.25, 0.3) is 0 Å². The molecule has 1 aliphatic heterocycles. The lowest BCUT2D eigenvalue weighted by Gasteiger charge is -2.27. The Hall–Kier alpha value is -3.99. The highest BCUT2D eigenvalue weighted by molar-refractivity contribution is 5.92. The third kappa shape index (κ3) is 4.52. The third-order valence-corrected chi connectivity index (χ3v) is 4.96. The number of hydrogen-bond acceptors (Lipinski definition) is 7. The van der Waals surface area contributed by atoms with Crippen molar-refractivity contribution >= 4 is 5.97 Å². The van der Waals surface area contributed by atoms with E-state index >= 15 is 0 Å². The fourth-order valence-corrected chi connectivity index (χ4v) is 3.44. The van der Waals surface area contributed by atoms with E-state index < -0.39 is 17.7 Å². The van der Waals surface area contributed by atoms with Gasteiger partial charge >= 0.3 is 5.97 Å². The number of allylic oxidation sites excluding steroid dienone is 2. The van der Waals surface area contributed by atoms with E-state index in [0.717, 1.165) is 0 Å². The molecule has 0 spiro atoms. The van der Waals surface area contributed by atoms with E-state index in [2.05, 4.69) is 0 Å². The van der Waals surface area contributed by atoms with Gasteiger partial charge < -0.3 is 24.7 Å². The molecule has 2 aromatic rings. The van der Waals surface area contributed by atoms with Crippen LogP contribution in [-0.4, -0.2) is 19.7 Å². The van der Waals surface area contributed by atoms with Crippen LogP contribution in [0, 0.1) is 17.1 Å². The largest absolute Gasteiger partial charge is 0.493 e. The summed E-state index contributed by atoms with van der Waals surface area (Å²) in [5.74, 6) is -0.947. The minimum absolute atomic E-state index is 0.0387. The second kappa shape index (κ2) is 9.88. The molecule has 8 heteroatoms. The predicted molar refractivity (Wildman–Crippen MR) is 114 cm³/mol. The summed E-state index contributed by atoms with van der Waals surface area (Å²) in [4.78, 5) is 12.7. The number of nitriles is 1. The maximum atomic E-state index is 14.0. The number of esters is 1. The average molecular weight is 438 g/mol. The number of carbonyl (C=O) groups excluding carboxylic acids is 1. The van der Waals surface area contributed by atoms with Gasteiger partial charge in [-0.1, -0.05) is 24.3 Å². The highest BCUT2D eigenvalue weighted by Crippen LogP contribution is 2.42. The number of benzene rings is 2. The molecule has 0 saturated carbocycles. The van der Waals surface area contributed by atoms with Gasteiger partial charge in [-0.3, -0.25) is 0 Å². The Morgan fingerprint density at radius 2 is 2.00 bits per heavy atom. The molecule has 1 aliphatic rings. The molecule has 0 bridgehead atoms. The zero-order chi connectivity index (χ0) is 23.3. The quantitative estimate of drug-likeness (QED) is 0.650. The van der Waals surface area contributed by atoms with Crippen LogP contribution in [0.3, 0.4) is 0 Å². The molecule has 0 amide bonds. The van der Waals surface area contributed by atoms with Crippen molar-refractivity contribution in [3.63, 3.8) is 0 Å². The minimum atomic E-state index is -0.825. The van der Waals surface area contributed by atoms with Crippen molar-refractivity contribution in [1.29, 1.82) is 5.26 Å². The maximum Gasteiger partial charge on any atom is 0.338 e. The fraction of sp³-hybridized carbons (Fsp3) is 0.250. The van der Waals surface area contributed by atoms with Gasteiger partial charge in [-0.05, 0) is 37.6 Å². The van der Waals surface area contributed by atoms with Crippen molar-refractivity contribution in [2.75, 3.05) is 13.7 Å². The van der Waals surface area contributed by atoms with Gasteiger partial charge in [0, 0.05) is 5.56 Å². The number of nitrogens with two attached hydrogens (primary N) is 1. The molecule has 0 saturated heterocycles. The van der Waals surface area contributed by atoms with Gasteiger partial charge in [0.2, 0.25) is 5.88 Å². The van der Waals surface area contributed by atoms with Crippen LogP contribution in [0.5, 0.6) is 11.5 Å². The van der Waals surface area contributed by atoms with Gasteiger partial charge in [-0.25, -0.2) is 9.18 Å². The van der Waals surface area contributed by atoms with E-state index in [1.165, 1.54) is 13.2 Å². The number of methoxy groups -OCH3 is 1. The first-order chi connectivity index (χ1) is 15.4. The summed E-state index contributed by atoms with van der Waals surface area (Å²) in [6.45, 7) is 3.38.